The summed E-state index contributed by atoms with van der Waals surface area (Å²) in [6, 6.07) is 12.4. The Labute approximate surface area is 160 Å². The lowest BCUT2D eigenvalue weighted by atomic mass is 10.2. The number of aromatic nitrogens is 6. The van der Waals surface area contributed by atoms with Crippen molar-refractivity contribution in [3.63, 3.8) is 0 Å². The first-order valence-electron chi connectivity index (χ1n) is 8.98. The molecular weight excluding hydrogens is 354 g/mol. The zero-order chi connectivity index (χ0) is 19.1. The third-order valence-corrected chi connectivity index (χ3v) is 4.62. The van der Waals surface area contributed by atoms with Crippen LogP contribution >= 0.6 is 0 Å². The number of nitriles is 1. The quantitative estimate of drug-likeness (QED) is 0.555. The van der Waals surface area contributed by atoms with Gasteiger partial charge >= 0.3 is 0 Å². The van der Waals surface area contributed by atoms with Gasteiger partial charge in [-0.05, 0) is 25.0 Å². The first kappa shape index (κ1) is 16.3. The molecule has 138 valence electrons. The van der Waals surface area contributed by atoms with Gasteiger partial charge < -0.3 is 15.2 Å². The summed E-state index contributed by atoms with van der Waals surface area (Å²) < 4.78 is 3.44. The van der Waals surface area contributed by atoms with Gasteiger partial charge in [0.15, 0.2) is 23.0 Å². The fourth-order valence-corrected chi connectivity index (χ4v) is 3.09. The lowest BCUT2D eigenvalue weighted by Crippen LogP contribution is -2.07. The molecule has 0 spiro atoms. The van der Waals surface area contributed by atoms with Crippen LogP contribution in [0.3, 0.4) is 0 Å². The molecule has 0 unspecified atom stereocenters. The molecule has 1 saturated carbocycles. The van der Waals surface area contributed by atoms with Gasteiger partial charge in [0.1, 0.15) is 12.4 Å². The number of anilines is 3. The predicted molar refractivity (Wildman–Crippen MR) is 104 cm³/mol. The number of nitrogens with zero attached hydrogens (tertiary/aromatic N) is 7. The van der Waals surface area contributed by atoms with E-state index in [4.69, 9.17) is 0 Å². The second kappa shape index (κ2) is 6.35. The molecule has 9 heteroatoms. The van der Waals surface area contributed by atoms with E-state index in [1.54, 1.807) is 17.0 Å². The van der Waals surface area contributed by atoms with E-state index in [0.717, 1.165) is 35.6 Å². The molecule has 1 fully saturated rings. The highest BCUT2D eigenvalue weighted by Crippen LogP contribution is 2.29. The van der Waals surface area contributed by atoms with Crippen LogP contribution in [0, 0.1) is 11.3 Å². The average Bonchev–Trinajstić information content (AvgIpc) is 3.24. The zero-order valence-electron chi connectivity index (χ0n) is 15.2. The summed E-state index contributed by atoms with van der Waals surface area (Å²) in [7, 11) is 1.91. The topological polar surface area (TPSA) is 109 Å². The van der Waals surface area contributed by atoms with Crippen LogP contribution in [0.5, 0.6) is 0 Å². The van der Waals surface area contributed by atoms with Gasteiger partial charge in [-0.25, -0.2) is 4.98 Å². The second-order valence-corrected chi connectivity index (χ2v) is 6.82. The highest BCUT2D eigenvalue weighted by atomic mass is 15.3. The molecule has 3 aromatic heterocycles. The summed E-state index contributed by atoms with van der Waals surface area (Å²) in [6.45, 7) is 0. The molecule has 1 aliphatic rings. The number of imidazole rings is 1. The maximum atomic E-state index is 9.35. The Morgan fingerprint density at radius 1 is 1.25 bits per heavy atom. The van der Waals surface area contributed by atoms with Gasteiger partial charge in [-0.15, -0.1) is 15.3 Å². The molecular formula is C19H17N9. The Bertz CT molecular complexity index is 1210. The number of nitrogens with one attached hydrogen (secondary N) is 2. The highest BCUT2D eigenvalue weighted by molar-refractivity contribution is 5.74. The molecule has 1 aromatic carbocycles. The van der Waals surface area contributed by atoms with Gasteiger partial charge in [0, 0.05) is 30.4 Å². The Morgan fingerprint density at radius 3 is 2.89 bits per heavy atom. The Hall–Kier alpha value is -3.93. The molecule has 0 atom stereocenters. The first-order valence-corrected chi connectivity index (χ1v) is 8.98. The number of rotatable bonds is 5. The highest BCUT2D eigenvalue weighted by Gasteiger charge is 2.23. The van der Waals surface area contributed by atoms with Crippen molar-refractivity contribution in [3.8, 4) is 17.5 Å². The van der Waals surface area contributed by atoms with Gasteiger partial charge in [0.05, 0.1) is 11.9 Å². The third-order valence-electron chi connectivity index (χ3n) is 4.62. The predicted octanol–water partition coefficient (Wildman–Crippen LogP) is 2.71. The summed E-state index contributed by atoms with van der Waals surface area (Å²) in [5.41, 5.74) is 3.73. The van der Waals surface area contributed by atoms with Gasteiger partial charge in [-0.1, -0.05) is 12.1 Å². The number of aryl methyl sites for hydroxylation is 1. The molecule has 5 rings (SSSR count). The van der Waals surface area contributed by atoms with Gasteiger partial charge in [-0.3, -0.25) is 0 Å². The Balaban J connectivity index is 1.53. The van der Waals surface area contributed by atoms with E-state index in [1.807, 2.05) is 41.9 Å². The number of hydrogen-bond acceptors (Lipinski definition) is 7. The van der Waals surface area contributed by atoms with E-state index in [-0.39, 0.29) is 0 Å². The molecule has 0 aliphatic heterocycles. The monoisotopic (exact) mass is 371 g/mol. The van der Waals surface area contributed by atoms with Crippen LogP contribution in [0.25, 0.3) is 17.0 Å². The zero-order valence-corrected chi connectivity index (χ0v) is 15.2. The molecule has 0 amide bonds. The minimum atomic E-state index is 0.394. The van der Waals surface area contributed by atoms with Crippen molar-refractivity contribution in [2.45, 2.75) is 18.9 Å². The summed E-state index contributed by atoms with van der Waals surface area (Å²) in [4.78, 5) is 4.35. The molecule has 9 nitrogen and oxygen atoms in total. The molecule has 1 aliphatic carbocycles. The maximum absolute atomic E-state index is 9.35. The molecule has 0 radical (unpaired) electrons. The van der Waals surface area contributed by atoms with Gasteiger partial charge in [0.25, 0.3) is 0 Å². The van der Waals surface area contributed by atoms with Crippen LogP contribution in [0.2, 0.25) is 0 Å². The van der Waals surface area contributed by atoms with Gasteiger partial charge in [-0.2, -0.15) is 9.78 Å². The van der Waals surface area contributed by atoms with Crippen LogP contribution in [0.1, 0.15) is 18.5 Å². The second-order valence-electron chi connectivity index (χ2n) is 6.82. The Morgan fingerprint density at radius 2 is 2.14 bits per heavy atom. The number of hydrogen-bond donors (Lipinski definition) is 2. The fourth-order valence-electron chi connectivity index (χ4n) is 3.09. The molecule has 0 saturated heterocycles. The van der Waals surface area contributed by atoms with Crippen molar-refractivity contribution < 1.29 is 0 Å². The van der Waals surface area contributed by atoms with Crippen LogP contribution in [-0.4, -0.2) is 35.4 Å². The van der Waals surface area contributed by atoms with E-state index in [1.165, 1.54) is 0 Å². The van der Waals surface area contributed by atoms with Crippen LogP contribution in [0.15, 0.2) is 42.9 Å². The summed E-state index contributed by atoms with van der Waals surface area (Å²) in [5.74, 6) is 1.41. The van der Waals surface area contributed by atoms with Gasteiger partial charge in [0.2, 0.25) is 0 Å². The van der Waals surface area contributed by atoms with Crippen molar-refractivity contribution >= 4 is 22.8 Å². The van der Waals surface area contributed by atoms with Crippen molar-refractivity contribution in [3.05, 3.63) is 48.5 Å². The number of fused-ring (bicyclic) bond motifs is 1. The van der Waals surface area contributed by atoms with Crippen molar-refractivity contribution in [1.82, 2.24) is 29.4 Å². The largest absolute Gasteiger partial charge is 0.379 e. The van der Waals surface area contributed by atoms with E-state index in [0.29, 0.717) is 23.2 Å². The minimum Gasteiger partial charge on any atom is -0.379 e. The molecule has 4 aromatic rings. The van der Waals surface area contributed by atoms with Crippen LogP contribution in [0.4, 0.5) is 17.2 Å². The molecule has 0 bridgehead atoms. The molecule has 3 heterocycles. The summed E-state index contributed by atoms with van der Waals surface area (Å²) in [6.07, 6.45) is 5.49. The smallest absolute Gasteiger partial charge is 0.178 e. The average molecular weight is 371 g/mol. The van der Waals surface area contributed by atoms with Crippen LogP contribution < -0.4 is 10.6 Å². The Kier molecular flexibility index (Phi) is 3.69. The van der Waals surface area contributed by atoms with Crippen molar-refractivity contribution in [1.29, 1.82) is 5.26 Å². The molecule has 2 N–H and O–H groups in total. The maximum Gasteiger partial charge on any atom is 0.178 e. The van der Waals surface area contributed by atoms with Crippen molar-refractivity contribution in [2.75, 3.05) is 10.6 Å². The van der Waals surface area contributed by atoms with Crippen LogP contribution in [-0.2, 0) is 7.05 Å². The molecule has 28 heavy (non-hydrogen) atoms. The SMILES string of the molecule is Cn1cnnc1-c1cccc(Nc2cc(NC3CC3)c3ncc(C#N)n3n2)c1. The normalized spacial score (nSPS) is 13.4. The lowest BCUT2D eigenvalue weighted by molar-refractivity contribution is 0.919. The summed E-state index contributed by atoms with van der Waals surface area (Å²) >= 11 is 0. The van der Waals surface area contributed by atoms with E-state index in [9.17, 15) is 5.26 Å². The number of benzene rings is 1. The first-order chi connectivity index (χ1) is 13.7. The summed E-state index contributed by atoms with van der Waals surface area (Å²) in [5, 5.41) is 28.8. The van der Waals surface area contributed by atoms with E-state index < -0.39 is 0 Å². The third kappa shape index (κ3) is 2.91. The fraction of sp³-hybridized carbons (Fsp3) is 0.211. The van der Waals surface area contributed by atoms with E-state index >= 15 is 0 Å². The standard InChI is InChI=1S/C19H17N9/c1-27-11-22-25-18(27)12-3-2-4-14(7-12)24-17-8-16(23-13-5-6-13)19-21-10-15(9-20)28(19)26-17/h2-4,7-8,10-11,13,23H,5-6H2,1H3,(H,24,26). The lowest BCUT2D eigenvalue weighted by Gasteiger charge is -2.11. The van der Waals surface area contributed by atoms with E-state index in [2.05, 4.69) is 37.0 Å². The minimum absolute atomic E-state index is 0.394. The van der Waals surface area contributed by atoms with Crippen molar-refractivity contribution in [2.24, 2.45) is 7.05 Å².